The number of methoxy groups -OCH3 is 1. The Morgan fingerprint density at radius 2 is 2.12 bits per heavy atom. The molecule has 17 heavy (non-hydrogen) atoms. The Hall–Kier alpha value is -1.84. The second-order valence-electron chi connectivity index (χ2n) is 4.85. The van der Waals surface area contributed by atoms with E-state index in [2.05, 4.69) is 5.16 Å². The molecule has 90 valence electrons. The summed E-state index contributed by atoms with van der Waals surface area (Å²) in [4.78, 5) is 12.0. The van der Waals surface area contributed by atoms with Crippen molar-refractivity contribution in [1.29, 1.82) is 0 Å². The third-order valence-electron chi connectivity index (χ3n) is 3.19. The van der Waals surface area contributed by atoms with Crippen molar-refractivity contribution < 1.29 is 14.7 Å². The summed E-state index contributed by atoms with van der Waals surface area (Å²) in [5.74, 6) is 0.526. The minimum atomic E-state index is -0.237. The fourth-order valence-corrected chi connectivity index (χ4v) is 2.24. The SMILES string of the molecule is COc1ccc2c(c1)C(C)(C)C/C(=N\O)C2=O. The van der Waals surface area contributed by atoms with Crippen LogP contribution in [0.1, 0.15) is 36.2 Å². The molecule has 1 aliphatic rings. The van der Waals surface area contributed by atoms with Crippen LogP contribution in [-0.2, 0) is 5.41 Å². The second-order valence-corrected chi connectivity index (χ2v) is 4.85. The van der Waals surface area contributed by atoms with E-state index < -0.39 is 0 Å². The van der Waals surface area contributed by atoms with Gasteiger partial charge in [-0.3, -0.25) is 4.79 Å². The van der Waals surface area contributed by atoms with Gasteiger partial charge in [-0.2, -0.15) is 0 Å². The van der Waals surface area contributed by atoms with Gasteiger partial charge in [0.05, 0.1) is 7.11 Å². The molecule has 4 heteroatoms. The topological polar surface area (TPSA) is 58.9 Å². The molecule has 0 atom stereocenters. The molecule has 0 amide bonds. The van der Waals surface area contributed by atoms with Gasteiger partial charge in [0.25, 0.3) is 0 Å². The van der Waals surface area contributed by atoms with Crippen LogP contribution in [0.15, 0.2) is 23.4 Å². The maximum Gasteiger partial charge on any atom is 0.210 e. The highest BCUT2D eigenvalue weighted by Crippen LogP contribution is 2.37. The van der Waals surface area contributed by atoms with Gasteiger partial charge in [0.15, 0.2) is 0 Å². The summed E-state index contributed by atoms with van der Waals surface area (Å²) in [6, 6.07) is 5.34. The minimum Gasteiger partial charge on any atom is -0.497 e. The standard InChI is InChI=1S/C13H15NO3/c1-13(2)7-11(14-16)12(15)9-5-4-8(17-3)6-10(9)13/h4-6,16H,7H2,1-3H3/b14-11+. The van der Waals surface area contributed by atoms with Crippen LogP contribution in [0.2, 0.25) is 0 Å². The van der Waals surface area contributed by atoms with Crippen LogP contribution in [0.5, 0.6) is 5.75 Å². The summed E-state index contributed by atoms with van der Waals surface area (Å²) >= 11 is 0. The number of fused-ring (bicyclic) bond motifs is 1. The highest BCUT2D eigenvalue weighted by atomic mass is 16.5. The highest BCUT2D eigenvalue weighted by Gasteiger charge is 2.36. The molecule has 0 unspecified atom stereocenters. The normalized spacial score (nSPS) is 20.2. The molecular formula is C13H15NO3. The van der Waals surface area contributed by atoms with Crippen LogP contribution in [-0.4, -0.2) is 23.8 Å². The van der Waals surface area contributed by atoms with E-state index in [1.165, 1.54) is 0 Å². The Balaban J connectivity index is 2.63. The Morgan fingerprint density at radius 1 is 1.41 bits per heavy atom. The number of carbonyl (C=O) groups excluding carboxylic acids is 1. The van der Waals surface area contributed by atoms with Crippen LogP contribution >= 0.6 is 0 Å². The number of benzene rings is 1. The van der Waals surface area contributed by atoms with Gasteiger partial charge in [-0.25, -0.2) is 0 Å². The van der Waals surface area contributed by atoms with Crippen molar-refractivity contribution in [2.24, 2.45) is 5.16 Å². The third-order valence-corrected chi connectivity index (χ3v) is 3.19. The van der Waals surface area contributed by atoms with Crippen molar-refractivity contribution in [3.63, 3.8) is 0 Å². The van der Waals surface area contributed by atoms with E-state index in [9.17, 15) is 4.79 Å². The Kier molecular flexibility index (Phi) is 2.65. The average molecular weight is 233 g/mol. The van der Waals surface area contributed by atoms with Gasteiger partial charge in [0, 0.05) is 12.0 Å². The molecule has 0 saturated heterocycles. The van der Waals surface area contributed by atoms with E-state index in [-0.39, 0.29) is 16.9 Å². The lowest BCUT2D eigenvalue weighted by Crippen LogP contribution is -2.34. The summed E-state index contributed by atoms with van der Waals surface area (Å²) in [5, 5.41) is 12.0. The first-order valence-electron chi connectivity index (χ1n) is 5.44. The van der Waals surface area contributed by atoms with Crippen molar-refractivity contribution in [2.45, 2.75) is 25.7 Å². The summed E-state index contributed by atoms with van der Waals surface area (Å²) in [5.41, 5.74) is 1.51. The Labute approximate surface area is 99.9 Å². The molecular weight excluding hydrogens is 218 g/mol. The molecule has 1 aromatic carbocycles. The molecule has 4 nitrogen and oxygen atoms in total. The van der Waals surface area contributed by atoms with Gasteiger partial charge in [-0.05, 0) is 29.2 Å². The first-order valence-corrected chi connectivity index (χ1v) is 5.44. The highest BCUT2D eigenvalue weighted by molar-refractivity contribution is 6.47. The zero-order valence-electron chi connectivity index (χ0n) is 10.2. The van der Waals surface area contributed by atoms with Crippen LogP contribution in [0.4, 0.5) is 0 Å². The summed E-state index contributed by atoms with van der Waals surface area (Å²) in [7, 11) is 1.60. The van der Waals surface area contributed by atoms with Gasteiger partial charge in [0.2, 0.25) is 5.78 Å². The molecule has 0 aliphatic heterocycles. The van der Waals surface area contributed by atoms with E-state index in [1.54, 1.807) is 19.2 Å². The lowest BCUT2D eigenvalue weighted by Gasteiger charge is -2.32. The molecule has 1 aromatic rings. The average Bonchev–Trinajstić information content (AvgIpc) is 2.33. The number of ketones is 1. The smallest absolute Gasteiger partial charge is 0.210 e. The molecule has 1 aliphatic carbocycles. The van der Waals surface area contributed by atoms with E-state index in [4.69, 9.17) is 9.94 Å². The first-order chi connectivity index (χ1) is 7.99. The largest absolute Gasteiger partial charge is 0.497 e. The summed E-state index contributed by atoms with van der Waals surface area (Å²) < 4.78 is 5.17. The van der Waals surface area contributed by atoms with E-state index in [1.807, 2.05) is 19.9 Å². The molecule has 0 heterocycles. The molecule has 0 aromatic heterocycles. The zero-order chi connectivity index (χ0) is 12.6. The van der Waals surface area contributed by atoms with Crippen LogP contribution in [0, 0.1) is 0 Å². The molecule has 0 saturated carbocycles. The first kappa shape index (κ1) is 11.6. The van der Waals surface area contributed by atoms with Crippen molar-refractivity contribution in [2.75, 3.05) is 7.11 Å². The number of ether oxygens (including phenoxy) is 1. The number of hydrogen-bond donors (Lipinski definition) is 1. The number of carbonyl (C=O) groups is 1. The Bertz CT molecular complexity index is 503. The van der Waals surface area contributed by atoms with Crippen molar-refractivity contribution >= 4 is 11.5 Å². The lowest BCUT2D eigenvalue weighted by atomic mass is 9.71. The summed E-state index contributed by atoms with van der Waals surface area (Å²) in [6.45, 7) is 4.03. The maximum absolute atomic E-state index is 12.0. The molecule has 2 rings (SSSR count). The predicted octanol–water partition coefficient (Wildman–Crippen LogP) is 2.39. The fourth-order valence-electron chi connectivity index (χ4n) is 2.24. The van der Waals surface area contributed by atoms with E-state index in [0.29, 0.717) is 12.0 Å². The zero-order valence-corrected chi connectivity index (χ0v) is 10.2. The van der Waals surface area contributed by atoms with Crippen molar-refractivity contribution in [1.82, 2.24) is 0 Å². The van der Waals surface area contributed by atoms with Crippen LogP contribution < -0.4 is 4.74 Å². The second kappa shape index (κ2) is 3.87. The van der Waals surface area contributed by atoms with Crippen molar-refractivity contribution in [3.05, 3.63) is 29.3 Å². The van der Waals surface area contributed by atoms with Crippen LogP contribution in [0.3, 0.4) is 0 Å². The molecule has 0 bridgehead atoms. The lowest BCUT2D eigenvalue weighted by molar-refractivity contribution is 0.105. The molecule has 0 spiro atoms. The van der Waals surface area contributed by atoms with Gasteiger partial charge < -0.3 is 9.94 Å². The van der Waals surface area contributed by atoms with Gasteiger partial charge in [-0.15, -0.1) is 0 Å². The number of rotatable bonds is 1. The van der Waals surface area contributed by atoms with Gasteiger partial charge in [0.1, 0.15) is 11.5 Å². The molecule has 1 N–H and O–H groups in total. The monoisotopic (exact) mass is 233 g/mol. The fraction of sp³-hybridized carbons (Fsp3) is 0.385. The quantitative estimate of drug-likeness (QED) is 0.598. The predicted molar refractivity (Wildman–Crippen MR) is 64.2 cm³/mol. The van der Waals surface area contributed by atoms with Crippen LogP contribution in [0.25, 0.3) is 0 Å². The number of nitrogens with zero attached hydrogens (tertiary/aromatic N) is 1. The molecule has 0 fully saturated rings. The molecule has 0 radical (unpaired) electrons. The third kappa shape index (κ3) is 1.79. The minimum absolute atomic E-state index is 0.204. The van der Waals surface area contributed by atoms with E-state index in [0.717, 1.165) is 11.3 Å². The van der Waals surface area contributed by atoms with E-state index >= 15 is 0 Å². The van der Waals surface area contributed by atoms with Gasteiger partial charge in [-0.1, -0.05) is 19.0 Å². The van der Waals surface area contributed by atoms with Crippen molar-refractivity contribution in [3.8, 4) is 5.75 Å². The Morgan fingerprint density at radius 3 is 2.71 bits per heavy atom. The number of oxime groups is 1. The number of Topliss-reactive ketones (excluding diaryl/α,β-unsaturated/α-hetero) is 1. The maximum atomic E-state index is 12.0. The van der Waals surface area contributed by atoms with Gasteiger partial charge >= 0.3 is 0 Å². The number of hydrogen-bond acceptors (Lipinski definition) is 4. The summed E-state index contributed by atoms with van der Waals surface area (Å²) in [6.07, 6.45) is 0.433.